The molecule has 0 saturated carbocycles. The minimum absolute atomic E-state index is 0.138. The zero-order valence-electron chi connectivity index (χ0n) is 20.9. The summed E-state index contributed by atoms with van der Waals surface area (Å²) in [6.07, 6.45) is -2.52. The molecule has 1 aliphatic heterocycles. The molecule has 1 aromatic carbocycles. The van der Waals surface area contributed by atoms with E-state index in [-0.39, 0.29) is 19.3 Å². The zero-order valence-corrected chi connectivity index (χ0v) is 22.6. The van der Waals surface area contributed by atoms with Crippen LogP contribution in [0.1, 0.15) is 27.7 Å². The number of ether oxygens (including phenoxy) is 2. The Balaban J connectivity index is 1.75. The fraction of sp³-hybridized carbons (Fsp3) is 0.522. The number of hydrogen-bond acceptors (Lipinski definition) is 10. The van der Waals surface area contributed by atoms with Crippen LogP contribution in [0.3, 0.4) is 0 Å². The minimum atomic E-state index is -3.40. The van der Waals surface area contributed by atoms with E-state index in [1.165, 1.54) is 13.1 Å². The number of aromatic nitrogens is 2. The van der Waals surface area contributed by atoms with Crippen LogP contribution >= 0.6 is 6.64 Å². The Hall–Kier alpha value is -2.38. The van der Waals surface area contributed by atoms with Crippen LogP contribution in [0.4, 0.5) is 0 Å². The van der Waals surface area contributed by atoms with Crippen LogP contribution in [0.25, 0.3) is 0 Å². The molecule has 0 radical (unpaired) electrons. The third-order valence-electron chi connectivity index (χ3n) is 5.64. The number of nitrogens with zero attached hydrogens (tertiary/aromatic N) is 1. The van der Waals surface area contributed by atoms with Crippen molar-refractivity contribution >= 4 is 24.4 Å². The number of esters is 1. The van der Waals surface area contributed by atoms with Gasteiger partial charge in [0.05, 0.1) is 19.3 Å². The van der Waals surface area contributed by atoms with E-state index in [0.29, 0.717) is 5.75 Å². The Kier molecular flexibility index (Phi) is 9.46. The first-order chi connectivity index (χ1) is 17.3. The lowest BCUT2D eigenvalue weighted by molar-refractivity contribution is -0.149. The van der Waals surface area contributed by atoms with Crippen molar-refractivity contribution in [3.05, 3.63) is 63.4 Å². The van der Waals surface area contributed by atoms with Crippen LogP contribution in [0.5, 0.6) is 5.75 Å². The second kappa shape index (κ2) is 12.0. The molecule has 14 heteroatoms. The quantitative estimate of drug-likeness (QED) is 0.227. The van der Waals surface area contributed by atoms with Crippen LogP contribution in [0.15, 0.2) is 52.2 Å². The van der Waals surface area contributed by atoms with E-state index < -0.39 is 53.8 Å². The van der Waals surface area contributed by atoms with Crippen LogP contribution in [-0.2, 0) is 37.1 Å². The number of para-hydroxylation sites is 1. The lowest BCUT2D eigenvalue weighted by Crippen LogP contribution is -2.48. The normalized spacial score (nSPS) is 26.0. The highest BCUT2D eigenvalue weighted by molar-refractivity contribution is 8.09. The summed E-state index contributed by atoms with van der Waals surface area (Å²) < 4.78 is 24.1. The Morgan fingerprint density at radius 3 is 2.57 bits per heavy atom. The largest absolute Gasteiger partial charge is 0.462 e. The summed E-state index contributed by atoms with van der Waals surface area (Å²) in [5.74, 6) is -0.144. The third kappa shape index (κ3) is 7.57. The number of H-pyrrole nitrogens is 1. The first-order valence-corrected chi connectivity index (χ1v) is 14.3. The van der Waals surface area contributed by atoms with Gasteiger partial charge >= 0.3 is 18.3 Å². The number of hydrogen-bond donors (Lipinski definition) is 4. The Labute approximate surface area is 218 Å². The Bertz CT molecular complexity index is 1230. The Morgan fingerprint density at radius 1 is 1.27 bits per heavy atom. The van der Waals surface area contributed by atoms with Gasteiger partial charge in [-0.1, -0.05) is 18.2 Å². The fourth-order valence-corrected chi connectivity index (χ4v) is 6.04. The van der Waals surface area contributed by atoms with Gasteiger partial charge in [-0.05, 0) is 51.6 Å². The molecule has 37 heavy (non-hydrogen) atoms. The van der Waals surface area contributed by atoms with Gasteiger partial charge in [0.1, 0.15) is 35.7 Å². The molecule has 2 aromatic rings. The molecule has 204 valence electrons. The molecule has 4 N–H and O–H groups in total. The summed E-state index contributed by atoms with van der Waals surface area (Å²) in [6.45, 7) is 2.55. The van der Waals surface area contributed by atoms with Gasteiger partial charge in [0.15, 0.2) is 0 Å². The van der Waals surface area contributed by atoms with Crippen molar-refractivity contribution in [1.82, 2.24) is 14.6 Å². The zero-order chi connectivity index (χ0) is 27.4. The lowest BCUT2D eigenvalue weighted by atomic mass is 9.93. The molecule has 1 saturated heterocycles. The predicted molar refractivity (Wildman–Crippen MR) is 138 cm³/mol. The summed E-state index contributed by atoms with van der Waals surface area (Å²) in [4.78, 5) is 37.9. The molecule has 0 amide bonds. The summed E-state index contributed by atoms with van der Waals surface area (Å²) in [6, 6.07) is 8.93. The molecule has 0 unspecified atom stereocenters. The van der Waals surface area contributed by atoms with Gasteiger partial charge < -0.3 is 28.7 Å². The van der Waals surface area contributed by atoms with E-state index in [0.717, 1.165) is 10.6 Å². The first kappa shape index (κ1) is 29.2. The van der Waals surface area contributed by atoms with Gasteiger partial charge in [-0.15, -0.1) is 0 Å². The maximum Gasteiger partial charge on any atom is 0.328 e. The average Bonchev–Trinajstić information content (AvgIpc) is 3.02. The van der Waals surface area contributed by atoms with Crippen LogP contribution in [-0.4, -0.2) is 68.4 Å². The monoisotopic (exact) mass is 557 g/mol. The summed E-state index contributed by atoms with van der Waals surface area (Å²) in [7, 11) is 0. The van der Waals surface area contributed by atoms with E-state index in [4.69, 9.17) is 30.3 Å². The highest BCUT2D eigenvalue weighted by atomic mass is 32.5. The molecule has 1 aliphatic rings. The van der Waals surface area contributed by atoms with Crippen molar-refractivity contribution in [2.24, 2.45) is 0 Å². The van der Waals surface area contributed by atoms with Gasteiger partial charge in [-0.3, -0.25) is 19.1 Å². The molecule has 6 atom stereocenters. The molecule has 0 spiro atoms. The number of aliphatic hydroxyl groups excluding tert-OH is 1. The number of aromatic amines is 1. The molecule has 0 bridgehead atoms. The average molecular weight is 558 g/mol. The van der Waals surface area contributed by atoms with Crippen molar-refractivity contribution in [2.75, 3.05) is 6.61 Å². The number of carbonyl (C=O) groups excluding carboxylic acids is 1. The van der Waals surface area contributed by atoms with Crippen molar-refractivity contribution in [2.45, 2.75) is 70.3 Å². The van der Waals surface area contributed by atoms with Crippen molar-refractivity contribution in [1.29, 1.82) is 0 Å². The van der Waals surface area contributed by atoms with E-state index in [9.17, 15) is 24.6 Å². The molecular formula is C23H32N3O9PS. The van der Waals surface area contributed by atoms with Crippen LogP contribution in [0, 0.1) is 0 Å². The van der Waals surface area contributed by atoms with Crippen molar-refractivity contribution < 1.29 is 33.5 Å². The van der Waals surface area contributed by atoms with Crippen molar-refractivity contribution in [3.8, 4) is 5.75 Å². The number of rotatable bonds is 11. The number of aliphatic hydroxyl groups is 2. The molecular weight excluding hydrogens is 525 g/mol. The maximum atomic E-state index is 12.4. The SMILES string of the molecule is CC(C)OC(=O)[C@H](C)N[P@](=S)(OC[C@H]1O[C@@H](Cn2ccc(=O)[nH]c2=O)[C@](C)(O)[C@@H]1O)Oc1ccccc1. The Morgan fingerprint density at radius 2 is 1.95 bits per heavy atom. The van der Waals surface area contributed by atoms with E-state index in [1.54, 1.807) is 51.1 Å². The highest BCUT2D eigenvalue weighted by Gasteiger charge is 2.52. The summed E-state index contributed by atoms with van der Waals surface area (Å²) in [5.41, 5.74) is -3.00. The van der Waals surface area contributed by atoms with Gasteiger partial charge in [-0.2, -0.15) is 0 Å². The number of carbonyl (C=O) groups is 1. The highest BCUT2D eigenvalue weighted by Crippen LogP contribution is 2.46. The molecule has 1 fully saturated rings. The van der Waals surface area contributed by atoms with Crippen LogP contribution in [0.2, 0.25) is 0 Å². The second-order valence-corrected chi connectivity index (χ2v) is 12.3. The smallest absolute Gasteiger partial charge is 0.328 e. The summed E-state index contributed by atoms with van der Waals surface area (Å²) >= 11 is 5.66. The van der Waals surface area contributed by atoms with Gasteiger partial charge in [0.25, 0.3) is 5.56 Å². The van der Waals surface area contributed by atoms with Gasteiger partial charge in [-0.25, -0.2) is 9.88 Å². The molecule has 1 aromatic heterocycles. The minimum Gasteiger partial charge on any atom is -0.462 e. The van der Waals surface area contributed by atoms with E-state index in [1.807, 2.05) is 0 Å². The first-order valence-electron chi connectivity index (χ1n) is 11.6. The third-order valence-corrected chi connectivity index (χ3v) is 8.14. The second-order valence-electron chi connectivity index (χ2n) is 9.13. The van der Waals surface area contributed by atoms with Crippen molar-refractivity contribution in [3.63, 3.8) is 0 Å². The maximum absolute atomic E-state index is 12.4. The lowest BCUT2D eigenvalue weighted by Gasteiger charge is -2.28. The molecule has 12 nitrogen and oxygen atoms in total. The van der Waals surface area contributed by atoms with Crippen LogP contribution < -0.4 is 20.9 Å². The standard InChI is InChI=1S/C23H32N3O9PS/c1-14(2)33-21(29)15(3)25-36(37,35-16-8-6-5-7-9-16)32-13-17-20(28)23(4,31)18(34-17)12-26-11-10-19(27)24-22(26)30/h5-11,14-15,17-18,20,28,31H,12-13H2,1-4H3,(H,25,37)(H,24,27,30)/t15-,17+,18-,20+,23-,36-/m0/s1. The fourth-order valence-electron chi connectivity index (χ4n) is 3.62. The predicted octanol–water partition coefficient (Wildman–Crippen LogP) is 0.666. The number of benzene rings is 1. The topological polar surface area (TPSA) is 161 Å². The number of nitrogens with one attached hydrogen (secondary N) is 2. The van der Waals surface area contributed by atoms with Gasteiger partial charge in [0.2, 0.25) is 0 Å². The molecule has 3 rings (SSSR count). The summed E-state index contributed by atoms with van der Waals surface area (Å²) in [5, 5.41) is 24.6. The molecule has 2 heterocycles. The van der Waals surface area contributed by atoms with E-state index >= 15 is 0 Å². The molecule has 0 aliphatic carbocycles. The van der Waals surface area contributed by atoms with E-state index in [2.05, 4.69) is 10.1 Å². The van der Waals surface area contributed by atoms with Gasteiger partial charge in [0, 0.05) is 12.3 Å².